The minimum Gasteiger partial charge on any atom is -0.491 e. The molecule has 0 aliphatic heterocycles. The fourth-order valence-corrected chi connectivity index (χ4v) is 2.52. The van der Waals surface area contributed by atoms with E-state index in [0.29, 0.717) is 11.4 Å². The van der Waals surface area contributed by atoms with Gasteiger partial charge in [0.1, 0.15) is 18.5 Å². The molecule has 0 saturated carbocycles. The molecule has 0 amide bonds. The lowest BCUT2D eigenvalue weighted by Crippen LogP contribution is -2.38. The molecule has 2 heterocycles. The molecule has 3 rings (SSSR count). The quantitative estimate of drug-likeness (QED) is 0.704. The number of imidazole rings is 1. The monoisotopic (exact) mass is 330 g/mol. The largest absolute Gasteiger partial charge is 0.491 e. The number of aromatic nitrogens is 4. The van der Waals surface area contributed by atoms with Crippen molar-refractivity contribution in [3.05, 3.63) is 57.5 Å². The third kappa shape index (κ3) is 2.83. The van der Waals surface area contributed by atoms with E-state index in [9.17, 15) is 14.7 Å². The zero-order valence-electron chi connectivity index (χ0n) is 13.4. The lowest BCUT2D eigenvalue weighted by Gasteiger charge is -2.13. The molecule has 0 aliphatic carbocycles. The minimum atomic E-state index is -0.829. The Morgan fingerprint density at radius 1 is 1.17 bits per heavy atom. The first-order chi connectivity index (χ1) is 11.5. The predicted molar refractivity (Wildman–Crippen MR) is 88.2 cm³/mol. The van der Waals surface area contributed by atoms with Crippen LogP contribution in [-0.4, -0.2) is 36.5 Å². The summed E-state index contributed by atoms with van der Waals surface area (Å²) < 4.78 is 9.37. The smallest absolute Gasteiger partial charge is 0.332 e. The van der Waals surface area contributed by atoms with Crippen LogP contribution in [0.2, 0.25) is 0 Å². The summed E-state index contributed by atoms with van der Waals surface area (Å²) in [5.41, 5.74) is -0.315. The maximum atomic E-state index is 12.3. The first-order valence-corrected chi connectivity index (χ1v) is 7.46. The van der Waals surface area contributed by atoms with E-state index < -0.39 is 17.4 Å². The zero-order chi connectivity index (χ0) is 17.3. The summed E-state index contributed by atoms with van der Waals surface area (Å²) in [5.74, 6) is 0.658. The van der Waals surface area contributed by atoms with Crippen LogP contribution in [0.25, 0.3) is 11.2 Å². The molecule has 1 N–H and O–H groups in total. The number of benzene rings is 1. The van der Waals surface area contributed by atoms with Crippen molar-refractivity contribution in [2.75, 3.05) is 6.61 Å². The second-order valence-corrected chi connectivity index (χ2v) is 5.55. The van der Waals surface area contributed by atoms with Crippen molar-refractivity contribution in [3.8, 4) is 5.75 Å². The van der Waals surface area contributed by atoms with E-state index in [0.717, 1.165) is 4.57 Å². The van der Waals surface area contributed by atoms with Crippen LogP contribution in [0.3, 0.4) is 0 Å². The van der Waals surface area contributed by atoms with Gasteiger partial charge in [-0.05, 0) is 12.1 Å². The van der Waals surface area contributed by atoms with Gasteiger partial charge in [0.2, 0.25) is 0 Å². The molecule has 2 aromatic heterocycles. The molecule has 0 spiro atoms. The third-order valence-electron chi connectivity index (χ3n) is 3.81. The van der Waals surface area contributed by atoms with Gasteiger partial charge in [-0.15, -0.1) is 0 Å². The number of aliphatic hydroxyl groups is 1. The van der Waals surface area contributed by atoms with Crippen molar-refractivity contribution in [2.24, 2.45) is 14.1 Å². The van der Waals surface area contributed by atoms with Crippen LogP contribution in [0.4, 0.5) is 0 Å². The second kappa shape index (κ2) is 6.32. The Bertz CT molecular complexity index is 971. The average Bonchev–Trinajstić information content (AvgIpc) is 3.01. The summed E-state index contributed by atoms with van der Waals surface area (Å²) >= 11 is 0. The van der Waals surface area contributed by atoms with Gasteiger partial charge in [-0.25, -0.2) is 9.78 Å². The van der Waals surface area contributed by atoms with Crippen LogP contribution < -0.4 is 16.0 Å². The Kier molecular flexibility index (Phi) is 4.22. The van der Waals surface area contributed by atoms with E-state index >= 15 is 0 Å². The van der Waals surface area contributed by atoms with Crippen molar-refractivity contribution < 1.29 is 9.84 Å². The highest BCUT2D eigenvalue weighted by Crippen LogP contribution is 2.10. The third-order valence-corrected chi connectivity index (χ3v) is 3.81. The molecule has 0 aliphatic rings. The van der Waals surface area contributed by atoms with Crippen molar-refractivity contribution in [1.82, 2.24) is 18.7 Å². The van der Waals surface area contributed by atoms with E-state index in [1.807, 2.05) is 18.2 Å². The topological polar surface area (TPSA) is 91.3 Å². The van der Waals surface area contributed by atoms with Crippen molar-refractivity contribution in [3.63, 3.8) is 0 Å². The Balaban J connectivity index is 1.83. The van der Waals surface area contributed by atoms with E-state index in [-0.39, 0.29) is 18.7 Å². The number of ether oxygens (including phenoxy) is 1. The van der Waals surface area contributed by atoms with Gasteiger partial charge in [0.05, 0.1) is 12.9 Å². The van der Waals surface area contributed by atoms with Gasteiger partial charge >= 0.3 is 5.69 Å². The maximum Gasteiger partial charge on any atom is 0.332 e. The van der Waals surface area contributed by atoms with E-state index in [4.69, 9.17) is 4.74 Å². The number of para-hydroxylation sites is 1. The molecule has 0 fully saturated rings. The Morgan fingerprint density at radius 2 is 1.88 bits per heavy atom. The highest BCUT2D eigenvalue weighted by atomic mass is 16.5. The van der Waals surface area contributed by atoms with Gasteiger partial charge in [0.25, 0.3) is 5.56 Å². The second-order valence-electron chi connectivity index (χ2n) is 5.55. The maximum absolute atomic E-state index is 12.3. The highest BCUT2D eigenvalue weighted by Gasteiger charge is 2.16. The fraction of sp³-hybridized carbons (Fsp3) is 0.312. The number of hydrogen-bond donors (Lipinski definition) is 1. The van der Waals surface area contributed by atoms with Crippen LogP contribution in [0, 0.1) is 0 Å². The summed E-state index contributed by atoms with van der Waals surface area (Å²) in [6, 6.07) is 9.15. The molecular weight excluding hydrogens is 312 g/mol. The Labute approximate surface area is 137 Å². The number of fused-ring (bicyclic) bond motifs is 1. The van der Waals surface area contributed by atoms with Crippen LogP contribution in [0.1, 0.15) is 0 Å². The van der Waals surface area contributed by atoms with Crippen LogP contribution in [0.15, 0.2) is 46.2 Å². The van der Waals surface area contributed by atoms with Gasteiger partial charge in [0, 0.05) is 14.1 Å². The minimum absolute atomic E-state index is 0.0791. The summed E-state index contributed by atoms with van der Waals surface area (Å²) in [7, 11) is 2.97. The normalized spacial score (nSPS) is 12.5. The van der Waals surface area contributed by atoms with Crippen molar-refractivity contribution in [2.45, 2.75) is 12.6 Å². The molecule has 3 aromatic rings. The van der Waals surface area contributed by atoms with Gasteiger partial charge in [-0.2, -0.15) is 0 Å². The molecular formula is C16H18N4O4. The highest BCUT2D eigenvalue weighted by molar-refractivity contribution is 5.69. The van der Waals surface area contributed by atoms with E-state index in [2.05, 4.69) is 4.98 Å². The lowest BCUT2D eigenvalue weighted by atomic mass is 10.3. The van der Waals surface area contributed by atoms with Crippen molar-refractivity contribution in [1.29, 1.82) is 0 Å². The molecule has 1 unspecified atom stereocenters. The number of aliphatic hydroxyl groups excluding tert-OH is 1. The van der Waals surface area contributed by atoms with Crippen LogP contribution >= 0.6 is 0 Å². The molecule has 8 nitrogen and oxygen atoms in total. The Hall–Kier alpha value is -2.87. The number of hydrogen-bond acceptors (Lipinski definition) is 5. The molecule has 1 atom stereocenters. The molecule has 0 bridgehead atoms. The van der Waals surface area contributed by atoms with E-state index in [1.165, 1.54) is 22.5 Å². The number of nitrogens with zero attached hydrogens (tertiary/aromatic N) is 4. The predicted octanol–water partition coefficient (Wildman–Crippen LogP) is -0.126. The van der Waals surface area contributed by atoms with Crippen molar-refractivity contribution >= 4 is 11.2 Å². The summed E-state index contributed by atoms with van der Waals surface area (Å²) in [5, 5.41) is 10.2. The van der Waals surface area contributed by atoms with Gasteiger partial charge in [-0.1, -0.05) is 18.2 Å². The van der Waals surface area contributed by atoms with Gasteiger partial charge < -0.3 is 14.4 Å². The fourth-order valence-electron chi connectivity index (χ4n) is 2.52. The number of rotatable bonds is 5. The van der Waals surface area contributed by atoms with Crippen LogP contribution in [0.5, 0.6) is 5.75 Å². The van der Waals surface area contributed by atoms with Crippen LogP contribution in [-0.2, 0) is 20.6 Å². The molecule has 8 heteroatoms. The summed E-state index contributed by atoms with van der Waals surface area (Å²) in [6.45, 7) is 0.215. The molecule has 0 saturated heterocycles. The lowest BCUT2D eigenvalue weighted by molar-refractivity contribution is 0.0933. The van der Waals surface area contributed by atoms with Gasteiger partial charge in [-0.3, -0.25) is 13.9 Å². The standard InChI is InChI=1S/C16H18N4O4/c1-18-14-13(15(22)19(2)16(18)23)20(10-17-14)8-11(21)9-24-12-6-4-3-5-7-12/h3-7,10-11,21H,8-9H2,1-2H3. The molecule has 0 radical (unpaired) electrons. The Morgan fingerprint density at radius 3 is 2.58 bits per heavy atom. The average molecular weight is 330 g/mol. The number of aryl methyl sites for hydroxylation is 1. The summed E-state index contributed by atoms with van der Waals surface area (Å²) in [6.07, 6.45) is 0.613. The summed E-state index contributed by atoms with van der Waals surface area (Å²) in [4.78, 5) is 28.3. The molecule has 126 valence electrons. The van der Waals surface area contributed by atoms with Gasteiger partial charge in [0.15, 0.2) is 11.2 Å². The SMILES string of the molecule is Cn1c(=O)c2c(ncn2CC(O)COc2ccccc2)n(C)c1=O. The molecule has 1 aromatic carbocycles. The zero-order valence-corrected chi connectivity index (χ0v) is 13.4. The van der Waals surface area contributed by atoms with E-state index in [1.54, 1.807) is 19.2 Å². The first kappa shape index (κ1) is 16.0. The molecule has 24 heavy (non-hydrogen) atoms. The first-order valence-electron chi connectivity index (χ1n) is 7.46.